The summed E-state index contributed by atoms with van der Waals surface area (Å²) in [5, 5.41) is 3.70. The van der Waals surface area contributed by atoms with Crippen LogP contribution in [0.15, 0.2) is 0 Å². The van der Waals surface area contributed by atoms with Gasteiger partial charge in [0.05, 0.1) is 5.60 Å². The first-order chi connectivity index (χ1) is 9.69. The van der Waals surface area contributed by atoms with Gasteiger partial charge in [-0.05, 0) is 62.8 Å². The summed E-state index contributed by atoms with van der Waals surface area (Å²) in [5.41, 5.74) is 0.152. The highest BCUT2D eigenvalue weighted by Crippen LogP contribution is 2.41. The molecule has 1 N–H and O–H groups in total. The second-order valence-corrected chi connectivity index (χ2v) is 7.42. The molecule has 1 spiro atoms. The van der Waals surface area contributed by atoms with Gasteiger partial charge in [-0.25, -0.2) is 0 Å². The number of hydrogen-bond acceptors (Lipinski definition) is 3. The van der Waals surface area contributed by atoms with Gasteiger partial charge in [0.15, 0.2) is 0 Å². The maximum Gasteiger partial charge on any atom is 0.0729 e. The molecule has 116 valence electrons. The van der Waals surface area contributed by atoms with Gasteiger partial charge in [-0.2, -0.15) is 0 Å². The minimum atomic E-state index is 0.152. The summed E-state index contributed by atoms with van der Waals surface area (Å²) in [6.07, 6.45) is 7.49. The average molecular weight is 281 g/mol. The molecule has 3 unspecified atom stereocenters. The molecule has 0 aromatic carbocycles. The first-order valence-electron chi connectivity index (χ1n) is 8.64. The normalized spacial score (nSPS) is 33.0. The molecule has 3 atom stereocenters. The number of nitrogens with one attached hydrogen (secondary N) is 1. The van der Waals surface area contributed by atoms with Gasteiger partial charge in [-0.15, -0.1) is 0 Å². The van der Waals surface area contributed by atoms with Crippen LogP contribution in [-0.4, -0.2) is 38.0 Å². The Balaban J connectivity index is 1.51. The third-order valence-electron chi connectivity index (χ3n) is 5.88. The van der Waals surface area contributed by atoms with E-state index < -0.39 is 0 Å². The zero-order valence-corrected chi connectivity index (χ0v) is 13.2. The molecular formula is C17H31NO2. The summed E-state index contributed by atoms with van der Waals surface area (Å²) in [6.45, 7) is 8.81. The van der Waals surface area contributed by atoms with Crippen molar-refractivity contribution in [3.63, 3.8) is 0 Å². The molecule has 1 aliphatic carbocycles. The van der Waals surface area contributed by atoms with Crippen LogP contribution in [0.4, 0.5) is 0 Å². The Morgan fingerprint density at radius 3 is 2.55 bits per heavy atom. The zero-order chi connectivity index (χ0) is 14.0. The fourth-order valence-electron chi connectivity index (χ4n) is 3.90. The predicted molar refractivity (Wildman–Crippen MR) is 80.8 cm³/mol. The molecule has 0 radical (unpaired) electrons. The number of ether oxygens (including phenoxy) is 2. The molecule has 20 heavy (non-hydrogen) atoms. The summed E-state index contributed by atoms with van der Waals surface area (Å²) in [6, 6.07) is 0.834. The van der Waals surface area contributed by atoms with Gasteiger partial charge in [0.25, 0.3) is 0 Å². The molecule has 0 aromatic rings. The average Bonchev–Trinajstić information content (AvgIpc) is 3.29. The Morgan fingerprint density at radius 2 is 1.85 bits per heavy atom. The molecular weight excluding hydrogens is 250 g/mol. The quantitative estimate of drug-likeness (QED) is 0.840. The molecule has 0 amide bonds. The van der Waals surface area contributed by atoms with E-state index >= 15 is 0 Å². The summed E-state index contributed by atoms with van der Waals surface area (Å²) >= 11 is 0. The molecule has 3 aliphatic rings. The van der Waals surface area contributed by atoms with Crippen LogP contribution in [-0.2, 0) is 9.47 Å². The van der Waals surface area contributed by atoms with Gasteiger partial charge in [-0.3, -0.25) is 0 Å². The molecule has 3 rings (SSSR count). The van der Waals surface area contributed by atoms with Gasteiger partial charge in [0.2, 0.25) is 0 Å². The van der Waals surface area contributed by atoms with Crippen LogP contribution in [0.1, 0.15) is 52.4 Å². The summed E-state index contributed by atoms with van der Waals surface area (Å²) < 4.78 is 11.7. The fourth-order valence-corrected chi connectivity index (χ4v) is 3.90. The standard InChI is InChI=1S/C17H31NO2/c1-13(12-18-16-3-4-16)14(2)15-5-8-20-17(11-15)6-9-19-10-7-17/h13-16,18H,3-12H2,1-2H3. The molecule has 1 saturated carbocycles. The van der Waals surface area contributed by atoms with Crippen LogP contribution in [0.25, 0.3) is 0 Å². The molecule has 3 heteroatoms. The van der Waals surface area contributed by atoms with E-state index in [-0.39, 0.29) is 5.60 Å². The maximum atomic E-state index is 6.18. The van der Waals surface area contributed by atoms with Crippen molar-refractivity contribution in [2.24, 2.45) is 17.8 Å². The summed E-state index contributed by atoms with van der Waals surface area (Å²) in [5.74, 6) is 2.40. The van der Waals surface area contributed by atoms with Crippen LogP contribution in [0.2, 0.25) is 0 Å². The van der Waals surface area contributed by atoms with Crippen molar-refractivity contribution >= 4 is 0 Å². The highest BCUT2D eigenvalue weighted by Gasteiger charge is 2.41. The highest BCUT2D eigenvalue weighted by atomic mass is 16.5. The van der Waals surface area contributed by atoms with Gasteiger partial charge >= 0.3 is 0 Å². The van der Waals surface area contributed by atoms with Crippen molar-refractivity contribution in [2.75, 3.05) is 26.4 Å². The monoisotopic (exact) mass is 281 g/mol. The van der Waals surface area contributed by atoms with Gasteiger partial charge in [0.1, 0.15) is 0 Å². The number of hydrogen-bond donors (Lipinski definition) is 1. The lowest BCUT2D eigenvalue weighted by Crippen LogP contribution is -2.46. The van der Waals surface area contributed by atoms with Crippen LogP contribution in [0.5, 0.6) is 0 Å². The zero-order valence-electron chi connectivity index (χ0n) is 13.2. The van der Waals surface area contributed by atoms with Crippen molar-refractivity contribution < 1.29 is 9.47 Å². The summed E-state index contributed by atoms with van der Waals surface area (Å²) in [7, 11) is 0. The van der Waals surface area contributed by atoms with E-state index in [1.54, 1.807) is 0 Å². The first kappa shape index (κ1) is 14.8. The lowest BCUT2D eigenvalue weighted by Gasteiger charge is -2.45. The lowest BCUT2D eigenvalue weighted by atomic mass is 9.72. The smallest absolute Gasteiger partial charge is 0.0729 e. The topological polar surface area (TPSA) is 30.5 Å². The molecule has 0 aromatic heterocycles. The first-order valence-corrected chi connectivity index (χ1v) is 8.64. The third kappa shape index (κ3) is 3.55. The second-order valence-electron chi connectivity index (χ2n) is 7.42. The minimum Gasteiger partial charge on any atom is -0.381 e. The molecule has 2 aliphatic heterocycles. The highest BCUT2D eigenvalue weighted by molar-refractivity contribution is 4.91. The van der Waals surface area contributed by atoms with Gasteiger partial charge in [-0.1, -0.05) is 13.8 Å². The molecule has 0 bridgehead atoms. The van der Waals surface area contributed by atoms with Gasteiger partial charge < -0.3 is 14.8 Å². The van der Waals surface area contributed by atoms with Crippen LogP contribution < -0.4 is 5.32 Å². The Morgan fingerprint density at radius 1 is 1.10 bits per heavy atom. The van der Waals surface area contributed by atoms with E-state index in [1.165, 1.54) is 32.2 Å². The van der Waals surface area contributed by atoms with E-state index in [4.69, 9.17) is 9.47 Å². The Labute approximate surface area is 123 Å². The SMILES string of the molecule is CC(CNC1CC1)C(C)C1CCOC2(CCOCC2)C1. The predicted octanol–water partition coefficient (Wildman–Crippen LogP) is 2.99. The van der Waals surface area contributed by atoms with E-state index in [2.05, 4.69) is 19.2 Å². The van der Waals surface area contributed by atoms with Crippen LogP contribution in [0, 0.1) is 17.8 Å². The lowest BCUT2D eigenvalue weighted by molar-refractivity contribution is -0.153. The van der Waals surface area contributed by atoms with Crippen molar-refractivity contribution in [3.05, 3.63) is 0 Å². The van der Waals surface area contributed by atoms with E-state index in [0.29, 0.717) is 0 Å². The Bertz CT molecular complexity index is 305. The van der Waals surface area contributed by atoms with E-state index in [0.717, 1.165) is 56.5 Å². The minimum absolute atomic E-state index is 0.152. The van der Waals surface area contributed by atoms with E-state index in [9.17, 15) is 0 Å². The van der Waals surface area contributed by atoms with Gasteiger partial charge in [0, 0.05) is 25.9 Å². The Hall–Kier alpha value is -0.120. The van der Waals surface area contributed by atoms with Crippen molar-refractivity contribution in [2.45, 2.75) is 64.0 Å². The molecule has 3 fully saturated rings. The van der Waals surface area contributed by atoms with Crippen LogP contribution >= 0.6 is 0 Å². The van der Waals surface area contributed by atoms with Crippen molar-refractivity contribution in [1.82, 2.24) is 5.32 Å². The van der Waals surface area contributed by atoms with Crippen LogP contribution in [0.3, 0.4) is 0 Å². The molecule has 2 saturated heterocycles. The van der Waals surface area contributed by atoms with Crippen molar-refractivity contribution in [1.29, 1.82) is 0 Å². The maximum absolute atomic E-state index is 6.18. The fraction of sp³-hybridized carbons (Fsp3) is 1.00. The Kier molecular flexibility index (Phi) is 4.68. The van der Waals surface area contributed by atoms with E-state index in [1.807, 2.05) is 0 Å². The molecule has 2 heterocycles. The largest absolute Gasteiger partial charge is 0.381 e. The number of rotatable bonds is 5. The van der Waals surface area contributed by atoms with Crippen molar-refractivity contribution in [3.8, 4) is 0 Å². The summed E-state index contributed by atoms with van der Waals surface area (Å²) in [4.78, 5) is 0. The molecule has 3 nitrogen and oxygen atoms in total. The third-order valence-corrected chi connectivity index (χ3v) is 5.88. The second kappa shape index (κ2) is 6.33.